The van der Waals surface area contributed by atoms with Crippen LogP contribution in [0.4, 0.5) is 0 Å². The molecule has 27 heavy (non-hydrogen) atoms. The average Bonchev–Trinajstić information content (AvgIpc) is 2.64. The highest BCUT2D eigenvalue weighted by molar-refractivity contribution is 7.90. The number of amides is 1. The van der Waals surface area contributed by atoms with Crippen molar-refractivity contribution < 1.29 is 13.2 Å². The lowest BCUT2D eigenvalue weighted by Gasteiger charge is -2.38. The van der Waals surface area contributed by atoms with Crippen LogP contribution in [0.15, 0.2) is 59.5 Å². The van der Waals surface area contributed by atoms with E-state index in [4.69, 9.17) is 0 Å². The number of carbonyl (C=O) groups is 1. The predicted octanol–water partition coefficient (Wildman–Crippen LogP) is 2.90. The molecule has 2 atom stereocenters. The normalized spacial score (nSPS) is 20.0. The van der Waals surface area contributed by atoms with Gasteiger partial charge in [0.15, 0.2) is 9.84 Å². The standard InChI is InChI=1S/C20H24N2O3S.ClH/c1-15-16(2)22(12-11-21-15)20(23)18-8-6-7-17(13-18)14-26(24,25)19-9-4-3-5-10-19;/h3-10,13,15-16,21H,11-12,14H2,1-2H3;1H. The summed E-state index contributed by atoms with van der Waals surface area (Å²) in [5.74, 6) is -0.171. The topological polar surface area (TPSA) is 66.5 Å². The van der Waals surface area contributed by atoms with Gasteiger partial charge >= 0.3 is 0 Å². The molecule has 7 heteroatoms. The highest BCUT2D eigenvalue weighted by atomic mass is 35.5. The number of halogens is 1. The maximum absolute atomic E-state index is 12.9. The number of rotatable bonds is 4. The molecule has 1 saturated heterocycles. The van der Waals surface area contributed by atoms with Gasteiger partial charge in [0.05, 0.1) is 10.6 Å². The average molecular weight is 409 g/mol. The molecule has 1 heterocycles. The third-order valence-corrected chi connectivity index (χ3v) is 6.63. The molecule has 2 unspecified atom stereocenters. The van der Waals surface area contributed by atoms with E-state index in [1.54, 1.807) is 54.6 Å². The van der Waals surface area contributed by atoms with Gasteiger partial charge in [-0.25, -0.2) is 8.42 Å². The lowest BCUT2D eigenvalue weighted by molar-refractivity contribution is 0.0603. The Kier molecular flexibility index (Phi) is 7.03. The molecule has 1 fully saturated rings. The SMILES string of the molecule is CC1NCCN(C(=O)c2cccc(CS(=O)(=O)c3ccccc3)c2)C1C.Cl. The van der Waals surface area contributed by atoms with Crippen LogP contribution in [0.5, 0.6) is 0 Å². The molecule has 0 spiro atoms. The van der Waals surface area contributed by atoms with Crippen molar-refractivity contribution in [1.82, 2.24) is 10.2 Å². The molecule has 0 saturated carbocycles. The monoisotopic (exact) mass is 408 g/mol. The zero-order valence-corrected chi connectivity index (χ0v) is 17.1. The first kappa shape index (κ1) is 21.4. The Bertz CT molecular complexity index is 887. The summed E-state index contributed by atoms with van der Waals surface area (Å²) in [6.07, 6.45) is 0. The summed E-state index contributed by atoms with van der Waals surface area (Å²) in [4.78, 5) is 15.0. The zero-order chi connectivity index (χ0) is 18.7. The van der Waals surface area contributed by atoms with Gasteiger partial charge in [-0.15, -0.1) is 12.4 Å². The Morgan fingerprint density at radius 3 is 2.52 bits per heavy atom. The van der Waals surface area contributed by atoms with Crippen molar-refractivity contribution in [3.63, 3.8) is 0 Å². The third-order valence-electron chi connectivity index (χ3n) is 4.93. The van der Waals surface area contributed by atoms with Crippen LogP contribution in [0, 0.1) is 0 Å². The van der Waals surface area contributed by atoms with Crippen molar-refractivity contribution in [1.29, 1.82) is 0 Å². The molecule has 1 aliphatic heterocycles. The lowest BCUT2D eigenvalue weighted by Crippen LogP contribution is -2.57. The molecule has 1 amide bonds. The molecule has 0 aromatic heterocycles. The predicted molar refractivity (Wildman–Crippen MR) is 109 cm³/mol. The van der Waals surface area contributed by atoms with Crippen molar-refractivity contribution >= 4 is 28.2 Å². The number of hydrogen-bond donors (Lipinski definition) is 1. The molecule has 5 nitrogen and oxygen atoms in total. The lowest BCUT2D eigenvalue weighted by atomic mass is 10.0. The second-order valence-corrected chi connectivity index (χ2v) is 8.74. The number of sulfone groups is 1. The van der Waals surface area contributed by atoms with Crippen LogP contribution in [-0.4, -0.2) is 44.4 Å². The minimum Gasteiger partial charge on any atom is -0.333 e. The Morgan fingerprint density at radius 1 is 1.11 bits per heavy atom. The quantitative estimate of drug-likeness (QED) is 0.844. The van der Waals surface area contributed by atoms with Gasteiger partial charge in [-0.2, -0.15) is 0 Å². The van der Waals surface area contributed by atoms with Gasteiger partial charge < -0.3 is 10.2 Å². The van der Waals surface area contributed by atoms with E-state index in [0.717, 1.165) is 6.54 Å². The van der Waals surface area contributed by atoms with Gasteiger partial charge in [-0.3, -0.25) is 4.79 Å². The first-order valence-electron chi connectivity index (χ1n) is 8.79. The summed E-state index contributed by atoms with van der Waals surface area (Å²) in [6.45, 7) is 5.50. The van der Waals surface area contributed by atoms with Gasteiger partial charge in [0, 0.05) is 30.7 Å². The fourth-order valence-corrected chi connectivity index (χ4v) is 4.59. The first-order chi connectivity index (χ1) is 12.4. The Morgan fingerprint density at radius 2 is 1.81 bits per heavy atom. The summed E-state index contributed by atoms with van der Waals surface area (Å²) in [5.41, 5.74) is 1.15. The Hall–Kier alpha value is -1.89. The van der Waals surface area contributed by atoms with Crippen LogP contribution < -0.4 is 5.32 Å². The molecule has 0 bridgehead atoms. The second-order valence-electron chi connectivity index (χ2n) is 6.75. The van der Waals surface area contributed by atoms with Crippen molar-refractivity contribution in [2.75, 3.05) is 13.1 Å². The van der Waals surface area contributed by atoms with Gasteiger partial charge in [0.2, 0.25) is 0 Å². The van der Waals surface area contributed by atoms with Gasteiger partial charge in [-0.05, 0) is 43.7 Å². The van der Waals surface area contributed by atoms with Gasteiger partial charge in [0.25, 0.3) is 5.91 Å². The Labute approximate surface area is 167 Å². The maximum atomic E-state index is 12.9. The third kappa shape index (κ3) is 4.89. The molecule has 1 N–H and O–H groups in total. The van der Waals surface area contributed by atoms with E-state index in [1.807, 2.05) is 11.8 Å². The smallest absolute Gasteiger partial charge is 0.254 e. The molecule has 1 aliphatic rings. The first-order valence-corrected chi connectivity index (χ1v) is 10.4. The van der Waals surface area contributed by atoms with Gasteiger partial charge in [0.1, 0.15) is 0 Å². The number of nitrogens with zero attached hydrogens (tertiary/aromatic N) is 1. The number of carbonyl (C=O) groups excluding carboxylic acids is 1. The van der Waals surface area contributed by atoms with Crippen LogP contribution >= 0.6 is 12.4 Å². The minimum absolute atomic E-state index is 0. The maximum Gasteiger partial charge on any atom is 0.254 e. The van der Waals surface area contributed by atoms with E-state index >= 15 is 0 Å². The molecule has 0 radical (unpaired) electrons. The highest BCUT2D eigenvalue weighted by Gasteiger charge is 2.29. The van der Waals surface area contributed by atoms with E-state index in [1.165, 1.54) is 0 Å². The van der Waals surface area contributed by atoms with E-state index in [2.05, 4.69) is 12.2 Å². The fourth-order valence-electron chi connectivity index (χ4n) is 3.23. The van der Waals surface area contributed by atoms with Crippen molar-refractivity contribution in [2.45, 2.75) is 36.6 Å². The molecular weight excluding hydrogens is 384 g/mol. The fraction of sp³-hybridized carbons (Fsp3) is 0.350. The Balaban J connectivity index is 0.00000261. The van der Waals surface area contributed by atoms with E-state index in [-0.39, 0.29) is 36.2 Å². The highest BCUT2D eigenvalue weighted by Crippen LogP contribution is 2.19. The summed E-state index contributed by atoms with van der Waals surface area (Å²) in [6, 6.07) is 15.7. The summed E-state index contributed by atoms with van der Waals surface area (Å²) in [5, 5.41) is 3.36. The van der Waals surface area contributed by atoms with Crippen molar-refractivity contribution in [3.05, 3.63) is 65.7 Å². The molecule has 3 rings (SSSR count). The van der Waals surface area contributed by atoms with Crippen LogP contribution in [0.3, 0.4) is 0 Å². The largest absolute Gasteiger partial charge is 0.333 e. The second kappa shape index (κ2) is 8.87. The molecule has 2 aromatic carbocycles. The molecule has 2 aromatic rings. The van der Waals surface area contributed by atoms with Crippen LogP contribution in [-0.2, 0) is 15.6 Å². The summed E-state index contributed by atoms with van der Waals surface area (Å²) >= 11 is 0. The number of nitrogens with one attached hydrogen (secondary N) is 1. The number of benzene rings is 2. The van der Waals surface area contributed by atoms with E-state index in [9.17, 15) is 13.2 Å². The van der Waals surface area contributed by atoms with Crippen LogP contribution in [0.1, 0.15) is 29.8 Å². The summed E-state index contributed by atoms with van der Waals surface area (Å²) < 4.78 is 25.2. The van der Waals surface area contributed by atoms with Crippen molar-refractivity contribution in [3.8, 4) is 0 Å². The molecular formula is C20H25ClN2O3S. The molecule has 146 valence electrons. The minimum atomic E-state index is -3.44. The van der Waals surface area contributed by atoms with Crippen LogP contribution in [0.25, 0.3) is 0 Å². The zero-order valence-electron chi connectivity index (χ0n) is 15.5. The van der Waals surface area contributed by atoms with E-state index in [0.29, 0.717) is 22.6 Å². The van der Waals surface area contributed by atoms with Crippen molar-refractivity contribution in [2.24, 2.45) is 0 Å². The van der Waals surface area contributed by atoms with E-state index < -0.39 is 9.84 Å². The van der Waals surface area contributed by atoms with Crippen LogP contribution in [0.2, 0.25) is 0 Å². The number of piperazine rings is 1. The van der Waals surface area contributed by atoms with Gasteiger partial charge in [-0.1, -0.05) is 30.3 Å². The summed E-state index contributed by atoms with van der Waals surface area (Å²) in [7, 11) is -3.44. The number of hydrogen-bond acceptors (Lipinski definition) is 4. The molecule has 0 aliphatic carbocycles.